The van der Waals surface area contributed by atoms with E-state index < -0.39 is 5.60 Å². The molecule has 1 unspecified atom stereocenters. The fourth-order valence-electron chi connectivity index (χ4n) is 2.72. The van der Waals surface area contributed by atoms with E-state index in [1.807, 2.05) is 25.7 Å². The van der Waals surface area contributed by atoms with Crippen LogP contribution in [0.2, 0.25) is 0 Å². The van der Waals surface area contributed by atoms with Crippen LogP contribution in [0, 0.1) is 5.92 Å². The molecular weight excluding hydrogens is 264 g/mol. The third kappa shape index (κ3) is 8.30. The van der Waals surface area contributed by atoms with Crippen molar-refractivity contribution in [2.45, 2.75) is 71.8 Å². The van der Waals surface area contributed by atoms with Crippen molar-refractivity contribution in [3.63, 3.8) is 0 Å². The topological polar surface area (TPSA) is 41.6 Å². The lowest BCUT2D eigenvalue weighted by Gasteiger charge is -2.34. The first kappa shape index (κ1) is 18.3. The van der Waals surface area contributed by atoms with Crippen LogP contribution < -0.4 is 5.32 Å². The first-order valence-corrected chi connectivity index (χ1v) is 8.61. The van der Waals surface area contributed by atoms with Crippen LogP contribution in [0.1, 0.15) is 66.2 Å². The lowest BCUT2D eigenvalue weighted by Crippen LogP contribution is -2.43. The van der Waals surface area contributed by atoms with Crippen LogP contribution in [-0.2, 0) is 4.74 Å². The zero-order valence-electron chi connectivity index (χ0n) is 14.4. The van der Waals surface area contributed by atoms with Gasteiger partial charge in [-0.05, 0) is 65.5 Å². The highest BCUT2D eigenvalue weighted by Crippen LogP contribution is 2.21. The Balaban J connectivity index is 2.21. The standard InChI is InChI=1S/C17H34N2O2/c1-5-6-7-11-18-12-10-15-9-8-13-19(14-15)16(20)21-17(2,3)4/h15,18H,5-14H2,1-4H3. The monoisotopic (exact) mass is 298 g/mol. The van der Waals surface area contributed by atoms with E-state index in [1.165, 1.54) is 25.7 Å². The second-order valence-electron chi connectivity index (χ2n) is 7.18. The minimum atomic E-state index is -0.398. The lowest BCUT2D eigenvalue weighted by molar-refractivity contribution is 0.0162. The predicted octanol–water partition coefficient (Wildman–Crippen LogP) is 3.80. The average Bonchev–Trinajstić information content (AvgIpc) is 2.41. The molecule has 0 aromatic rings. The van der Waals surface area contributed by atoms with Crippen molar-refractivity contribution in [1.29, 1.82) is 0 Å². The third-order valence-electron chi connectivity index (χ3n) is 3.86. The van der Waals surface area contributed by atoms with Crippen molar-refractivity contribution in [3.05, 3.63) is 0 Å². The van der Waals surface area contributed by atoms with Crippen LogP contribution in [0.3, 0.4) is 0 Å². The predicted molar refractivity (Wildman–Crippen MR) is 87.5 cm³/mol. The van der Waals surface area contributed by atoms with E-state index in [4.69, 9.17) is 4.74 Å². The Morgan fingerprint density at radius 1 is 1.29 bits per heavy atom. The summed E-state index contributed by atoms with van der Waals surface area (Å²) < 4.78 is 5.47. The van der Waals surface area contributed by atoms with Crippen molar-refractivity contribution >= 4 is 6.09 Å². The number of unbranched alkanes of at least 4 members (excludes halogenated alkanes) is 2. The Morgan fingerprint density at radius 3 is 2.71 bits per heavy atom. The number of nitrogens with zero attached hydrogens (tertiary/aromatic N) is 1. The highest BCUT2D eigenvalue weighted by Gasteiger charge is 2.27. The van der Waals surface area contributed by atoms with E-state index in [2.05, 4.69) is 12.2 Å². The molecule has 0 saturated carbocycles. The summed E-state index contributed by atoms with van der Waals surface area (Å²) in [6.07, 6.45) is 7.19. The van der Waals surface area contributed by atoms with Gasteiger partial charge in [0.25, 0.3) is 0 Å². The Bertz CT molecular complexity index is 300. The number of carbonyl (C=O) groups is 1. The largest absolute Gasteiger partial charge is 0.444 e. The minimum Gasteiger partial charge on any atom is -0.444 e. The van der Waals surface area contributed by atoms with Gasteiger partial charge in [0.2, 0.25) is 0 Å². The summed E-state index contributed by atoms with van der Waals surface area (Å²) in [5.41, 5.74) is -0.398. The van der Waals surface area contributed by atoms with Crippen LogP contribution in [0.15, 0.2) is 0 Å². The average molecular weight is 298 g/mol. The SMILES string of the molecule is CCCCCNCCC1CCCN(C(=O)OC(C)(C)C)C1. The van der Waals surface area contributed by atoms with E-state index in [0.29, 0.717) is 5.92 Å². The first-order valence-electron chi connectivity index (χ1n) is 8.61. The fraction of sp³-hybridized carbons (Fsp3) is 0.941. The number of likely N-dealkylation sites (tertiary alicyclic amines) is 1. The van der Waals surface area contributed by atoms with Gasteiger partial charge in [0.15, 0.2) is 0 Å². The quantitative estimate of drug-likeness (QED) is 0.727. The second kappa shape index (κ2) is 9.29. The molecule has 0 aliphatic carbocycles. The lowest BCUT2D eigenvalue weighted by atomic mass is 9.95. The summed E-state index contributed by atoms with van der Waals surface area (Å²) in [6, 6.07) is 0. The molecule has 1 aliphatic rings. The molecule has 0 aromatic carbocycles. The van der Waals surface area contributed by atoms with E-state index in [-0.39, 0.29) is 6.09 Å². The van der Waals surface area contributed by atoms with Crippen LogP contribution in [-0.4, -0.2) is 42.8 Å². The van der Waals surface area contributed by atoms with E-state index in [0.717, 1.165) is 39.0 Å². The maximum absolute atomic E-state index is 12.1. The van der Waals surface area contributed by atoms with Crippen molar-refractivity contribution in [2.75, 3.05) is 26.2 Å². The molecule has 1 heterocycles. The van der Waals surface area contributed by atoms with Crippen molar-refractivity contribution in [2.24, 2.45) is 5.92 Å². The molecule has 124 valence electrons. The molecule has 0 aromatic heterocycles. The van der Waals surface area contributed by atoms with Gasteiger partial charge < -0.3 is 15.0 Å². The summed E-state index contributed by atoms with van der Waals surface area (Å²) in [5, 5.41) is 3.52. The van der Waals surface area contributed by atoms with Gasteiger partial charge in [0.1, 0.15) is 5.60 Å². The molecule has 21 heavy (non-hydrogen) atoms. The highest BCUT2D eigenvalue weighted by atomic mass is 16.6. The molecular formula is C17H34N2O2. The zero-order valence-corrected chi connectivity index (χ0v) is 14.4. The second-order valence-corrected chi connectivity index (χ2v) is 7.18. The summed E-state index contributed by atoms with van der Waals surface area (Å²) in [4.78, 5) is 14.0. The molecule has 0 bridgehead atoms. The highest BCUT2D eigenvalue weighted by molar-refractivity contribution is 5.68. The van der Waals surface area contributed by atoms with Gasteiger partial charge in [0, 0.05) is 13.1 Å². The van der Waals surface area contributed by atoms with Gasteiger partial charge in [-0.3, -0.25) is 0 Å². The van der Waals surface area contributed by atoms with Crippen LogP contribution in [0.5, 0.6) is 0 Å². The van der Waals surface area contributed by atoms with Crippen molar-refractivity contribution < 1.29 is 9.53 Å². The van der Waals surface area contributed by atoms with E-state index in [1.54, 1.807) is 0 Å². The fourth-order valence-corrected chi connectivity index (χ4v) is 2.72. The number of piperidine rings is 1. The van der Waals surface area contributed by atoms with Gasteiger partial charge in [-0.1, -0.05) is 19.8 Å². The number of hydrogen-bond donors (Lipinski definition) is 1. The summed E-state index contributed by atoms with van der Waals surface area (Å²) in [5.74, 6) is 0.616. The normalized spacial score (nSPS) is 19.6. The summed E-state index contributed by atoms with van der Waals surface area (Å²) in [7, 11) is 0. The van der Waals surface area contributed by atoms with Crippen molar-refractivity contribution in [1.82, 2.24) is 10.2 Å². The summed E-state index contributed by atoms with van der Waals surface area (Å²) >= 11 is 0. The van der Waals surface area contributed by atoms with E-state index in [9.17, 15) is 4.79 Å². The number of rotatable bonds is 7. The maximum atomic E-state index is 12.1. The van der Waals surface area contributed by atoms with Crippen LogP contribution in [0.25, 0.3) is 0 Å². The van der Waals surface area contributed by atoms with Crippen molar-refractivity contribution in [3.8, 4) is 0 Å². The number of ether oxygens (including phenoxy) is 1. The molecule has 4 heteroatoms. The molecule has 4 nitrogen and oxygen atoms in total. The smallest absolute Gasteiger partial charge is 0.410 e. The molecule has 0 radical (unpaired) electrons. The first-order chi connectivity index (χ1) is 9.92. The third-order valence-corrected chi connectivity index (χ3v) is 3.86. The van der Waals surface area contributed by atoms with Gasteiger partial charge in [-0.25, -0.2) is 4.79 Å². The number of hydrogen-bond acceptors (Lipinski definition) is 3. The Hall–Kier alpha value is -0.770. The summed E-state index contributed by atoms with van der Waals surface area (Å²) in [6.45, 7) is 11.9. The van der Waals surface area contributed by atoms with E-state index >= 15 is 0 Å². The Labute approximate surface area is 130 Å². The molecule has 1 amide bonds. The zero-order chi connectivity index (χ0) is 15.7. The van der Waals surface area contributed by atoms with Gasteiger partial charge in [0.05, 0.1) is 0 Å². The maximum Gasteiger partial charge on any atom is 0.410 e. The molecule has 1 aliphatic heterocycles. The minimum absolute atomic E-state index is 0.150. The molecule has 1 rings (SSSR count). The van der Waals surface area contributed by atoms with Crippen LogP contribution in [0.4, 0.5) is 4.79 Å². The van der Waals surface area contributed by atoms with Crippen LogP contribution >= 0.6 is 0 Å². The number of nitrogens with one attached hydrogen (secondary N) is 1. The molecule has 1 N–H and O–H groups in total. The van der Waals surface area contributed by atoms with Gasteiger partial charge in [-0.2, -0.15) is 0 Å². The van der Waals surface area contributed by atoms with Gasteiger partial charge in [-0.15, -0.1) is 0 Å². The Kier molecular flexibility index (Phi) is 8.09. The van der Waals surface area contributed by atoms with Gasteiger partial charge >= 0.3 is 6.09 Å². The number of amides is 1. The molecule has 0 spiro atoms. The molecule has 1 fully saturated rings. The molecule has 1 saturated heterocycles. The number of carbonyl (C=O) groups excluding carboxylic acids is 1. The molecule has 1 atom stereocenters. The Morgan fingerprint density at radius 2 is 2.05 bits per heavy atom.